The average molecular weight is 274 g/mol. The Hall–Kier alpha value is 0.135. The minimum Gasteiger partial charge on any atom is -0.418 e. The lowest BCUT2D eigenvalue weighted by atomic mass is 9.81. The van der Waals surface area contributed by atoms with Crippen LogP contribution in [0.25, 0.3) is 0 Å². The van der Waals surface area contributed by atoms with Crippen molar-refractivity contribution >= 4 is 18.1 Å². The molecular formula is C11H23BF4S. The normalized spacial score (nSPS) is 29.5. The summed E-state index contributed by atoms with van der Waals surface area (Å²) in [5, 5.41) is 1.94. The number of halogens is 4. The van der Waals surface area contributed by atoms with Gasteiger partial charge < -0.3 is 17.3 Å². The highest BCUT2D eigenvalue weighted by Gasteiger charge is 2.69. The third-order valence-electron chi connectivity index (χ3n) is 2.71. The van der Waals surface area contributed by atoms with Crippen molar-refractivity contribution in [3.63, 3.8) is 0 Å². The zero-order valence-electron chi connectivity index (χ0n) is 11.7. The summed E-state index contributed by atoms with van der Waals surface area (Å²) >= 11 is 0. The lowest BCUT2D eigenvalue weighted by Gasteiger charge is -2.16. The Morgan fingerprint density at radius 3 is 1.00 bits per heavy atom. The number of hydrogen-bond acceptors (Lipinski definition) is 0. The Kier molecular flexibility index (Phi) is 5.06. The van der Waals surface area contributed by atoms with E-state index in [1.807, 2.05) is 0 Å². The molecule has 0 aliphatic carbocycles. The highest BCUT2D eigenvalue weighted by molar-refractivity contribution is 8.04. The fourth-order valence-corrected chi connectivity index (χ4v) is 6.32. The average Bonchev–Trinajstić information content (AvgIpc) is 2.53. The van der Waals surface area contributed by atoms with Crippen LogP contribution in [0, 0.1) is 10.8 Å². The van der Waals surface area contributed by atoms with E-state index in [1.165, 1.54) is 0 Å². The van der Waals surface area contributed by atoms with Crippen molar-refractivity contribution in [1.82, 2.24) is 0 Å². The molecule has 1 aliphatic heterocycles. The van der Waals surface area contributed by atoms with Crippen molar-refractivity contribution < 1.29 is 17.3 Å². The van der Waals surface area contributed by atoms with Gasteiger partial charge in [0.2, 0.25) is 0 Å². The van der Waals surface area contributed by atoms with Crippen LogP contribution in [0.1, 0.15) is 41.5 Å². The van der Waals surface area contributed by atoms with E-state index in [0.717, 1.165) is 10.5 Å². The maximum absolute atomic E-state index is 9.75. The SMILES string of the molecule is C[S+]1[C@H](C(C)(C)C)[C@@H]1C(C)(C)C.F[B-](F)(F)F. The Bertz CT molecular complexity index is 226. The fourth-order valence-electron chi connectivity index (χ4n) is 2.33. The van der Waals surface area contributed by atoms with Gasteiger partial charge in [0.1, 0.15) is 0 Å². The molecule has 3 atom stereocenters. The molecule has 0 radical (unpaired) electrons. The molecule has 104 valence electrons. The lowest BCUT2D eigenvalue weighted by Crippen LogP contribution is -2.23. The monoisotopic (exact) mass is 274 g/mol. The minimum absolute atomic E-state index is 0.524. The molecule has 1 fully saturated rings. The summed E-state index contributed by atoms with van der Waals surface area (Å²) in [6.45, 7) is 14.3. The van der Waals surface area contributed by atoms with E-state index in [0.29, 0.717) is 21.7 Å². The summed E-state index contributed by atoms with van der Waals surface area (Å²) in [4.78, 5) is 0. The largest absolute Gasteiger partial charge is 0.673 e. The zero-order valence-corrected chi connectivity index (χ0v) is 12.5. The van der Waals surface area contributed by atoms with Gasteiger partial charge in [-0.3, -0.25) is 0 Å². The molecule has 0 N–H and O–H groups in total. The van der Waals surface area contributed by atoms with Gasteiger partial charge >= 0.3 is 7.25 Å². The van der Waals surface area contributed by atoms with Crippen LogP contribution in [0.5, 0.6) is 0 Å². The smallest absolute Gasteiger partial charge is 0.418 e. The van der Waals surface area contributed by atoms with Gasteiger partial charge in [-0.25, -0.2) is 0 Å². The molecule has 0 aromatic heterocycles. The summed E-state index contributed by atoms with van der Waals surface area (Å²) in [5.41, 5.74) is 1.05. The predicted molar refractivity (Wildman–Crippen MR) is 70.0 cm³/mol. The summed E-state index contributed by atoms with van der Waals surface area (Å²) in [6.07, 6.45) is 2.44. The highest BCUT2D eigenvalue weighted by Crippen LogP contribution is 2.53. The van der Waals surface area contributed by atoms with Crippen molar-refractivity contribution in [3.05, 3.63) is 0 Å². The quantitative estimate of drug-likeness (QED) is 0.266. The van der Waals surface area contributed by atoms with Gasteiger partial charge in [0.25, 0.3) is 0 Å². The van der Waals surface area contributed by atoms with Crippen molar-refractivity contribution in [2.75, 3.05) is 6.26 Å². The van der Waals surface area contributed by atoms with Crippen LogP contribution in [0.4, 0.5) is 17.3 Å². The van der Waals surface area contributed by atoms with Crippen LogP contribution >= 0.6 is 0 Å². The first-order valence-electron chi connectivity index (χ1n) is 5.66. The molecule has 0 spiro atoms. The summed E-state index contributed by atoms with van der Waals surface area (Å²) in [5.74, 6) is 0. The summed E-state index contributed by atoms with van der Waals surface area (Å²) < 4.78 is 39.0. The topological polar surface area (TPSA) is 0 Å². The first-order chi connectivity index (χ1) is 7.15. The van der Waals surface area contributed by atoms with Gasteiger partial charge in [-0.05, 0) is 0 Å². The molecule has 0 amide bonds. The third kappa shape index (κ3) is 6.58. The number of hydrogen-bond donors (Lipinski definition) is 0. The standard InChI is InChI=1S/C11H23S.BF4/c1-10(2,3)8-9(12(8)7)11(4,5)6;2-1(3,4)5/h8-9H,1-7H3;/q+1;-1/t8-,9+,12?;. The van der Waals surface area contributed by atoms with Gasteiger partial charge in [0.05, 0.1) is 6.26 Å². The second-order valence-corrected chi connectivity index (χ2v) is 8.91. The Labute approximate surface area is 105 Å². The molecule has 1 heterocycles. The van der Waals surface area contributed by atoms with Crippen molar-refractivity contribution in [2.45, 2.75) is 52.0 Å². The molecule has 0 aromatic carbocycles. The molecule has 1 aliphatic rings. The Morgan fingerprint density at radius 2 is 0.941 bits per heavy atom. The Balaban J connectivity index is 0.000000437. The van der Waals surface area contributed by atoms with Crippen molar-refractivity contribution in [3.8, 4) is 0 Å². The minimum atomic E-state index is -6.00. The molecule has 1 rings (SSSR count). The van der Waals surface area contributed by atoms with Crippen molar-refractivity contribution in [2.24, 2.45) is 10.8 Å². The van der Waals surface area contributed by atoms with Gasteiger partial charge in [-0.1, -0.05) is 41.5 Å². The zero-order chi connectivity index (χ0) is 14.2. The first kappa shape index (κ1) is 17.1. The van der Waals surface area contributed by atoms with E-state index in [2.05, 4.69) is 47.8 Å². The van der Waals surface area contributed by atoms with E-state index in [1.54, 1.807) is 0 Å². The van der Waals surface area contributed by atoms with Crippen LogP contribution < -0.4 is 0 Å². The maximum atomic E-state index is 9.75. The molecule has 0 nitrogen and oxygen atoms in total. The highest BCUT2D eigenvalue weighted by atomic mass is 32.2. The third-order valence-corrected chi connectivity index (χ3v) is 5.95. The van der Waals surface area contributed by atoms with Gasteiger partial charge in [-0.15, -0.1) is 0 Å². The van der Waals surface area contributed by atoms with E-state index in [9.17, 15) is 17.3 Å². The molecule has 17 heavy (non-hydrogen) atoms. The molecule has 0 saturated carbocycles. The molecule has 0 aromatic rings. The molecule has 1 saturated heterocycles. The van der Waals surface area contributed by atoms with Crippen LogP contribution in [-0.4, -0.2) is 24.0 Å². The summed E-state index contributed by atoms with van der Waals surface area (Å²) in [6, 6.07) is 0. The maximum Gasteiger partial charge on any atom is 0.673 e. The van der Waals surface area contributed by atoms with Crippen LogP contribution in [0.3, 0.4) is 0 Å². The van der Waals surface area contributed by atoms with Gasteiger partial charge in [-0.2, -0.15) is 0 Å². The van der Waals surface area contributed by atoms with E-state index in [-0.39, 0.29) is 0 Å². The number of rotatable bonds is 0. The van der Waals surface area contributed by atoms with E-state index in [4.69, 9.17) is 0 Å². The van der Waals surface area contributed by atoms with Crippen LogP contribution in [-0.2, 0) is 10.9 Å². The van der Waals surface area contributed by atoms with E-state index < -0.39 is 7.25 Å². The van der Waals surface area contributed by atoms with Crippen LogP contribution in [0.15, 0.2) is 0 Å². The molecule has 0 bridgehead atoms. The van der Waals surface area contributed by atoms with Gasteiger partial charge in [0.15, 0.2) is 10.5 Å². The Morgan fingerprint density at radius 1 is 0.765 bits per heavy atom. The second kappa shape index (κ2) is 5.02. The fraction of sp³-hybridized carbons (Fsp3) is 1.00. The predicted octanol–water partition coefficient (Wildman–Crippen LogP) is 4.38. The molecular weight excluding hydrogens is 251 g/mol. The van der Waals surface area contributed by atoms with E-state index >= 15 is 0 Å². The van der Waals surface area contributed by atoms with Gasteiger partial charge in [0, 0.05) is 21.7 Å². The molecule has 6 heteroatoms. The molecule has 1 unspecified atom stereocenters. The van der Waals surface area contributed by atoms with Crippen molar-refractivity contribution in [1.29, 1.82) is 0 Å². The second-order valence-electron chi connectivity index (χ2n) is 6.68. The lowest BCUT2D eigenvalue weighted by molar-refractivity contribution is 0.335. The summed E-state index contributed by atoms with van der Waals surface area (Å²) in [7, 11) is -5.33. The first-order valence-corrected chi connectivity index (χ1v) is 7.42. The van der Waals surface area contributed by atoms with Crippen LogP contribution in [0.2, 0.25) is 0 Å².